The number of hydrogen-bond donors (Lipinski definition) is 1. The fraction of sp³-hybridized carbons (Fsp3) is 0.636. The molecule has 1 aliphatic heterocycles. The van der Waals surface area contributed by atoms with Crippen molar-refractivity contribution in [3.8, 4) is 0 Å². The van der Waals surface area contributed by atoms with E-state index < -0.39 is 0 Å². The van der Waals surface area contributed by atoms with E-state index >= 15 is 0 Å². The first kappa shape index (κ1) is 11.1. The molecular formula is C11H17N3O2. The van der Waals surface area contributed by atoms with Gasteiger partial charge in [-0.25, -0.2) is 0 Å². The average Bonchev–Trinajstić information content (AvgIpc) is 2.89. The molecule has 0 radical (unpaired) electrons. The molecule has 1 unspecified atom stereocenters. The van der Waals surface area contributed by atoms with Crippen molar-refractivity contribution in [2.45, 2.75) is 19.4 Å². The molecule has 0 saturated carbocycles. The third-order valence-corrected chi connectivity index (χ3v) is 2.93. The number of aliphatic hydroxyl groups is 1. The Balaban J connectivity index is 1.72. The van der Waals surface area contributed by atoms with Crippen molar-refractivity contribution < 1.29 is 9.90 Å². The molecule has 16 heavy (non-hydrogen) atoms. The molecule has 5 nitrogen and oxygen atoms in total. The highest BCUT2D eigenvalue weighted by atomic mass is 16.3. The van der Waals surface area contributed by atoms with Crippen LogP contribution in [0.5, 0.6) is 0 Å². The largest absolute Gasteiger partial charge is 0.396 e. The van der Waals surface area contributed by atoms with E-state index in [0.717, 1.165) is 19.5 Å². The fourth-order valence-corrected chi connectivity index (χ4v) is 2.05. The van der Waals surface area contributed by atoms with Crippen LogP contribution in [0.1, 0.15) is 12.8 Å². The van der Waals surface area contributed by atoms with Gasteiger partial charge in [0.1, 0.15) is 0 Å². The lowest BCUT2D eigenvalue weighted by molar-refractivity contribution is -0.127. The predicted molar refractivity (Wildman–Crippen MR) is 58.6 cm³/mol. The lowest BCUT2D eigenvalue weighted by Gasteiger charge is -2.15. The summed E-state index contributed by atoms with van der Waals surface area (Å²) in [5, 5.41) is 13.1. The zero-order valence-electron chi connectivity index (χ0n) is 9.25. The molecule has 1 aromatic heterocycles. The van der Waals surface area contributed by atoms with Gasteiger partial charge in [-0.05, 0) is 12.5 Å². The van der Waals surface area contributed by atoms with Crippen LogP contribution in [0.15, 0.2) is 18.5 Å². The van der Waals surface area contributed by atoms with Crippen molar-refractivity contribution in [2.24, 2.45) is 5.92 Å². The van der Waals surface area contributed by atoms with Gasteiger partial charge in [0.2, 0.25) is 5.91 Å². The van der Waals surface area contributed by atoms with E-state index in [0.29, 0.717) is 13.0 Å². The lowest BCUT2D eigenvalue weighted by atomic mass is 10.1. The minimum atomic E-state index is 0.112. The first-order valence-corrected chi connectivity index (χ1v) is 5.65. The van der Waals surface area contributed by atoms with Crippen molar-refractivity contribution in [1.82, 2.24) is 14.7 Å². The second-order valence-corrected chi connectivity index (χ2v) is 4.22. The fourth-order valence-electron chi connectivity index (χ4n) is 2.05. The smallest absolute Gasteiger partial charge is 0.223 e. The second-order valence-electron chi connectivity index (χ2n) is 4.22. The Morgan fingerprint density at radius 3 is 3.00 bits per heavy atom. The van der Waals surface area contributed by atoms with Crippen LogP contribution >= 0.6 is 0 Å². The van der Waals surface area contributed by atoms with Crippen molar-refractivity contribution in [3.05, 3.63) is 18.5 Å². The van der Waals surface area contributed by atoms with Gasteiger partial charge in [-0.3, -0.25) is 9.48 Å². The summed E-state index contributed by atoms with van der Waals surface area (Å²) >= 11 is 0. The molecule has 0 spiro atoms. The molecule has 1 amide bonds. The van der Waals surface area contributed by atoms with Crippen LogP contribution in [0, 0.1) is 5.92 Å². The number of nitrogens with zero attached hydrogens (tertiary/aromatic N) is 3. The minimum absolute atomic E-state index is 0.112. The maximum atomic E-state index is 11.5. The van der Waals surface area contributed by atoms with Gasteiger partial charge in [0.15, 0.2) is 0 Å². The summed E-state index contributed by atoms with van der Waals surface area (Å²) in [5.74, 6) is 0.303. The standard InChI is InChI=1S/C11H17N3O2/c15-9-10-7-11(16)13(8-10)4-2-6-14-5-1-3-12-14/h1,3,5,10,15H,2,4,6-9H2. The van der Waals surface area contributed by atoms with Crippen LogP contribution in [-0.4, -0.2) is 45.4 Å². The lowest BCUT2D eigenvalue weighted by Crippen LogP contribution is -2.27. The summed E-state index contributed by atoms with van der Waals surface area (Å²) in [6.07, 6.45) is 5.08. The van der Waals surface area contributed by atoms with Gasteiger partial charge in [0, 0.05) is 51.0 Å². The molecule has 1 aromatic rings. The van der Waals surface area contributed by atoms with Gasteiger partial charge >= 0.3 is 0 Å². The molecule has 1 aliphatic rings. The first-order valence-electron chi connectivity index (χ1n) is 5.65. The number of carbonyl (C=O) groups excluding carboxylic acids is 1. The monoisotopic (exact) mass is 223 g/mol. The molecule has 1 saturated heterocycles. The number of aryl methyl sites for hydroxylation is 1. The highest BCUT2D eigenvalue weighted by molar-refractivity contribution is 5.78. The summed E-state index contributed by atoms with van der Waals surface area (Å²) in [6, 6.07) is 1.89. The summed E-state index contributed by atoms with van der Waals surface area (Å²) in [4.78, 5) is 13.4. The molecule has 5 heteroatoms. The normalized spacial score (nSPS) is 20.7. The van der Waals surface area contributed by atoms with Gasteiger partial charge in [-0.1, -0.05) is 0 Å². The van der Waals surface area contributed by atoms with E-state index in [1.807, 2.05) is 21.8 Å². The Morgan fingerprint density at radius 2 is 2.38 bits per heavy atom. The summed E-state index contributed by atoms with van der Waals surface area (Å²) in [5.41, 5.74) is 0. The zero-order valence-corrected chi connectivity index (χ0v) is 9.25. The number of likely N-dealkylation sites (tertiary alicyclic amines) is 1. The van der Waals surface area contributed by atoms with E-state index in [1.165, 1.54) is 0 Å². The third kappa shape index (κ3) is 2.61. The van der Waals surface area contributed by atoms with E-state index in [1.54, 1.807) is 6.20 Å². The maximum Gasteiger partial charge on any atom is 0.223 e. The van der Waals surface area contributed by atoms with E-state index in [2.05, 4.69) is 5.10 Å². The van der Waals surface area contributed by atoms with Gasteiger partial charge < -0.3 is 10.0 Å². The van der Waals surface area contributed by atoms with E-state index in [9.17, 15) is 4.79 Å². The summed E-state index contributed by atoms with van der Waals surface area (Å²) in [7, 11) is 0. The van der Waals surface area contributed by atoms with Gasteiger partial charge in [-0.2, -0.15) is 5.10 Å². The van der Waals surface area contributed by atoms with Crippen molar-refractivity contribution in [2.75, 3.05) is 19.7 Å². The number of hydrogen-bond acceptors (Lipinski definition) is 3. The van der Waals surface area contributed by atoms with Crippen LogP contribution in [0.2, 0.25) is 0 Å². The van der Waals surface area contributed by atoms with Crippen LogP contribution in [0.3, 0.4) is 0 Å². The third-order valence-electron chi connectivity index (χ3n) is 2.93. The number of amides is 1. The highest BCUT2D eigenvalue weighted by Gasteiger charge is 2.28. The van der Waals surface area contributed by atoms with Crippen LogP contribution in [-0.2, 0) is 11.3 Å². The summed E-state index contributed by atoms with van der Waals surface area (Å²) in [6.45, 7) is 2.41. The Morgan fingerprint density at radius 1 is 1.50 bits per heavy atom. The topological polar surface area (TPSA) is 58.4 Å². The quantitative estimate of drug-likeness (QED) is 0.771. The molecule has 0 bridgehead atoms. The molecule has 2 heterocycles. The SMILES string of the molecule is O=C1CC(CO)CN1CCCn1cccn1. The number of rotatable bonds is 5. The average molecular weight is 223 g/mol. The molecule has 2 rings (SSSR count). The van der Waals surface area contributed by atoms with Gasteiger partial charge in [0.25, 0.3) is 0 Å². The molecule has 0 aromatic carbocycles. The minimum Gasteiger partial charge on any atom is -0.396 e. The van der Waals surface area contributed by atoms with E-state index in [-0.39, 0.29) is 18.4 Å². The Hall–Kier alpha value is -1.36. The second kappa shape index (κ2) is 5.12. The molecule has 0 aliphatic carbocycles. The highest BCUT2D eigenvalue weighted by Crippen LogP contribution is 2.17. The Bertz CT molecular complexity index is 337. The maximum absolute atomic E-state index is 11.5. The first-order chi connectivity index (χ1) is 7.79. The Kier molecular flexibility index (Phi) is 3.56. The Labute approximate surface area is 94.7 Å². The molecule has 88 valence electrons. The number of carbonyl (C=O) groups is 1. The molecule has 1 atom stereocenters. The van der Waals surface area contributed by atoms with Crippen molar-refractivity contribution >= 4 is 5.91 Å². The zero-order chi connectivity index (χ0) is 11.4. The van der Waals surface area contributed by atoms with Gasteiger partial charge in [0.05, 0.1) is 0 Å². The van der Waals surface area contributed by atoms with Crippen molar-refractivity contribution in [1.29, 1.82) is 0 Å². The molecule has 1 N–H and O–H groups in total. The van der Waals surface area contributed by atoms with E-state index in [4.69, 9.17) is 5.11 Å². The van der Waals surface area contributed by atoms with Crippen LogP contribution in [0.25, 0.3) is 0 Å². The predicted octanol–water partition coefficient (Wildman–Crippen LogP) is 0.114. The molecular weight excluding hydrogens is 206 g/mol. The van der Waals surface area contributed by atoms with Crippen molar-refractivity contribution in [3.63, 3.8) is 0 Å². The number of aromatic nitrogens is 2. The van der Waals surface area contributed by atoms with Gasteiger partial charge in [-0.15, -0.1) is 0 Å². The van der Waals surface area contributed by atoms with Crippen LogP contribution in [0.4, 0.5) is 0 Å². The number of aliphatic hydroxyl groups excluding tert-OH is 1. The summed E-state index contributed by atoms with van der Waals surface area (Å²) < 4.78 is 1.87. The van der Waals surface area contributed by atoms with Crippen LogP contribution < -0.4 is 0 Å². The molecule has 1 fully saturated rings.